The van der Waals surface area contributed by atoms with Gasteiger partial charge in [-0.05, 0) is 60.9 Å². The van der Waals surface area contributed by atoms with E-state index in [0.29, 0.717) is 18.8 Å². The number of nitrogens with one attached hydrogen (secondary N) is 1. The standard InChI is InChI=1S/C34H27F3N2O4S2/c1-16-6-4-7-17(12-16)15-43-23-11-3-2-10-20(23)24-25-21-14-22(28(25)44-30-29(24)45-33(42)38-30)27-26(21)31(40)39(32(27)41)19-9-5-8-18(13-19)34(35,36)37/h2-13,21-22,24-28H,14-15H2,1H3,(H,38,42)/t21-,22-,24?,25?,26?,27?,28?/m1/s1. The van der Waals surface area contributed by atoms with Gasteiger partial charge in [0.25, 0.3) is 0 Å². The zero-order valence-electron chi connectivity index (χ0n) is 23.9. The van der Waals surface area contributed by atoms with E-state index in [1.165, 1.54) is 23.5 Å². The number of anilines is 1. The summed E-state index contributed by atoms with van der Waals surface area (Å²) in [6.07, 6.45) is -3.92. The van der Waals surface area contributed by atoms with E-state index in [1.54, 1.807) is 11.8 Å². The summed E-state index contributed by atoms with van der Waals surface area (Å²) in [5, 5.41) is 0.724. The van der Waals surface area contributed by atoms with E-state index in [0.717, 1.165) is 43.6 Å². The number of hydrogen-bond donors (Lipinski definition) is 1. The van der Waals surface area contributed by atoms with Crippen molar-refractivity contribution in [3.8, 4) is 5.75 Å². The molecule has 0 radical (unpaired) electrons. The van der Waals surface area contributed by atoms with Crippen LogP contribution in [0, 0.1) is 36.5 Å². The summed E-state index contributed by atoms with van der Waals surface area (Å²) in [6.45, 7) is 2.39. The van der Waals surface area contributed by atoms with E-state index in [1.807, 2.05) is 49.4 Å². The maximum absolute atomic E-state index is 14.0. The zero-order valence-corrected chi connectivity index (χ0v) is 25.5. The summed E-state index contributed by atoms with van der Waals surface area (Å²) in [4.78, 5) is 45.3. The molecule has 3 aromatic carbocycles. The lowest BCUT2D eigenvalue weighted by Gasteiger charge is -2.43. The average molecular weight is 649 g/mol. The second kappa shape index (κ2) is 10.3. The number of ether oxygens (including phenoxy) is 1. The monoisotopic (exact) mass is 648 g/mol. The van der Waals surface area contributed by atoms with Crippen molar-refractivity contribution < 1.29 is 27.5 Å². The Morgan fingerprint density at radius 2 is 1.69 bits per heavy atom. The van der Waals surface area contributed by atoms with E-state index < -0.39 is 35.4 Å². The number of rotatable bonds is 5. The van der Waals surface area contributed by atoms with Crippen LogP contribution in [0.3, 0.4) is 0 Å². The van der Waals surface area contributed by atoms with Crippen LogP contribution < -0.4 is 14.5 Å². The molecule has 2 aliphatic carbocycles. The number of benzene rings is 3. The Labute approximate surface area is 264 Å². The van der Waals surface area contributed by atoms with Gasteiger partial charge in [-0.2, -0.15) is 13.2 Å². The number of thioether (sulfide) groups is 1. The highest BCUT2D eigenvalue weighted by Gasteiger charge is 2.70. The first kappa shape index (κ1) is 28.6. The molecule has 11 heteroatoms. The van der Waals surface area contributed by atoms with Crippen molar-refractivity contribution in [2.75, 3.05) is 4.90 Å². The number of carbonyl (C=O) groups excluding carboxylic acids is 2. The molecule has 0 spiro atoms. The number of nitrogens with zero attached hydrogens (tertiary/aromatic N) is 1. The first-order valence-electron chi connectivity index (χ1n) is 14.8. The molecule has 230 valence electrons. The van der Waals surface area contributed by atoms with E-state index in [9.17, 15) is 27.6 Å². The largest absolute Gasteiger partial charge is 0.489 e. The van der Waals surface area contributed by atoms with Gasteiger partial charge in [-0.1, -0.05) is 65.4 Å². The number of H-pyrrole nitrogens is 1. The summed E-state index contributed by atoms with van der Waals surface area (Å²) in [6, 6.07) is 20.3. The van der Waals surface area contributed by atoms with Crippen LogP contribution in [-0.4, -0.2) is 22.0 Å². The van der Waals surface area contributed by atoms with Crippen molar-refractivity contribution in [3.05, 3.63) is 110 Å². The Balaban J connectivity index is 1.17. The highest BCUT2D eigenvalue weighted by Crippen LogP contribution is 2.69. The minimum absolute atomic E-state index is 0.0425. The van der Waals surface area contributed by atoms with Crippen LogP contribution in [0.25, 0.3) is 0 Å². The van der Waals surface area contributed by atoms with Gasteiger partial charge < -0.3 is 9.72 Å². The number of alkyl halides is 3. The fourth-order valence-electron chi connectivity index (χ4n) is 8.27. The summed E-state index contributed by atoms with van der Waals surface area (Å²) >= 11 is 2.73. The highest BCUT2D eigenvalue weighted by molar-refractivity contribution is 8.00. The predicted molar refractivity (Wildman–Crippen MR) is 164 cm³/mol. The first-order chi connectivity index (χ1) is 21.6. The molecule has 8 rings (SSSR count). The quantitative estimate of drug-likeness (QED) is 0.236. The molecule has 2 bridgehead atoms. The number of fused-ring (bicyclic) bond motifs is 9. The van der Waals surface area contributed by atoms with Crippen LogP contribution in [-0.2, 0) is 22.4 Å². The molecule has 1 N–H and O–H groups in total. The molecular formula is C34H27F3N2O4S2. The minimum atomic E-state index is -4.60. The fraction of sp³-hybridized carbons (Fsp3) is 0.324. The number of imide groups is 1. The SMILES string of the molecule is Cc1cccc(COc2ccccc2C2c3sc(=O)[nH]c3SC3C2[C@H]2C[C@@H]3C3C(=O)N(c4cccc(C(F)(F)F)c4)C(=O)C32)c1. The topological polar surface area (TPSA) is 79.5 Å². The van der Waals surface area contributed by atoms with Gasteiger partial charge in [-0.15, -0.1) is 11.8 Å². The Morgan fingerprint density at radius 1 is 0.933 bits per heavy atom. The fourth-order valence-corrected chi connectivity index (χ4v) is 11.2. The molecule has 2 amide bonds. The van der Waals surface area contributed by atoms with E-state index in [2.05, 4.69) is 11.1 Å². The number of thiazole rings is 1. The molecule has 4 aromatic rings. The number of aromatic amines is 1. The summed E-state index contributed by atoms with van der Waals surface area (Å²) in [7, 11) is 0. The van der Waals surface area contributed by atoms with Crippen LogP contribution in [0.5, 0.6) is 5.75 Å². The van der Waals surface area contributed by atoms with Gasteiger partial charge in [-0.25, -0.2) is 0 Å². The Bertz CT molecular complexity index is 1920. The maximum Gasteiger partial charge on any atom is 0.416 e. The molecule has 7 atom stereocenters. The summed E-state index contributed by atoms with van der Waals surface area (Å²) in [5.41, 5.74) is 2.14. The molecular weight excluding hydrogens is 622 g/mol. The van der Waals surface area contributed by atoms with Crippen LogP contribution in [0.4, 0.5) is 18.9 Å². The van der Waals surface area contributed by atoms with Gasteiger partial charge in [0.2, 0.25) is 11.8 Å². The molecule has 1 aromatic heterocycles. The third kappa shape index (κ3) is 4.49. The van der Waals surface area contributed by atoms with Gasteiger partial charge >= 0.3 is 11.0 Å². The van der Waals surface area contributed by atoms with Crippen LogP contribution in [0.2, 0.25) is 0 Å². The second-order valence-electron chi connectivity index (χ2n) is 12.3. The van der Waals surface area contributed by atoms with Gasteiger partial charge in [0, 0.05) is 21.6 Å². The molecule has 2 saturated carbocycles. The average Bonchev–Trinajstić information content (AvgIpc) is 3.74. The molecule has 5 unspecified atom stereocenters. The van der Waals surface area contributed by atoms with Crippen molar-refractivity contribution in [1.29, 1.82) is 0 Å². The van der Waals surface area contributed by atoms with Gasteiger partial charge in [0.1, 0.15) is 12.4 Å². The van der Waals surface area contributed by atoms with Crippen molar-refractivity contribution in [2.45, 2.75) is 42.3 Å². The van der Waals surface area contributed by atoms with Crippen LogP contribution in [0.1, 0.15) is 39.5 Å². The van der Waals surface area contributed by atoms with Gasteiger partial charge in [0.05, 0.1) is 28.1 Å². The van der Waals surface area contributed by atoms with Crippen LogP contribution in [0.15, 0.2) is 82.6 Å². The Kier molecular flexibility index (Phi) is 6.58. The molecule has 45 heavy (non-hydrogen) atoms. The van der Waals surface area contributed by atoms with Crippen molar-refractivity contribution in [1.82, 2.24) is 4.98 Å². The van der Waals surface area contributed by atoms with E-state index in [-0.39, 0.29) is 39.5 Å². The number of amides is 2. The molecule has 6 nitrogen and oxygen atoms in total. The lowest BCUT2D eigenvalue weighted by atomic mass is 9.68. The number of aryl methyl sites for hydroxylation is 1. The molecule has 3 fully saturated rings. The number of para-hydroxylation sites is 1. The van der Waals surface area contributed by atoms with Crippen molar-refractivity contribution in [3.63, 3.8) is 0 Å². The highest BCUT2D eigenvalue weighted by atomic mass is 32.2. The van der Waals surface area contributed by atoms with E-state index >= 15 is 0 Å². The predicted octanol–water partition coefficient (Wildman–Crippen LogP) is 7.02. The first-order valence-corrected chi connectivity index (χ1v) is 16.5. The lowest BCUT2D eigenvalue weighted by molar-refractivity contribution is -0.137. The summed E-state index contributed by atoms with van der Waals surface area (Å²) in [5.74, 6) is -2.04. The normalized spacial score (nSPS) is 28.3. The Hall–Kier alpha value is -3.83. The van der Waals surface area contributed by atoms with Crippen molar-refractivity contribution in [2.24, 2.45) is 29.6 Å². The maximum atomic E-state index is 14.0. The molecule has 3 heterocycles. The Morgan fingerprint density at radius 3 is 2.47 bits per heavy atom. The zero-order chi connectivity index (χ0) is 31.2. The van der Waals surface area contributed by atoms with Gasteiger partial charge in [0.15, 0.2) is 0 Å². The van der Waals surface area contributed by atoms with Crippen LogP contribution >= 0.6 is 23.1 Å². The van der Waals surface area contributed by atoms with Crippen molar-refractivity contribution >= 4 is 40.6 Å². The number of carbonyl (C=O) groups is 2. The third-order valence-corrected chi connectivity index (χ3v) is 12.5. The smallest absolute Gasteiger partial charge is 0.416 e. The lowest BCUT2D eigenvalue weighted by Crippen LogP contribution is -2.42. The molecule has 1 saturated heterocycles. The molecule has 4 aliphatic rings. The second-order valence-corrected chi connectivity index (χ2v) is 14.5. The number of hydrogen-bond acceptors (Lipinski definition) is 6. The van der Waals surface area contributed by atoms with Gasteiger partial charge in [-0.3, -0.25) is 19.3 Å². The minimum Gasteiger partial charge on any atom is -0.489 e. The number of halogens is 3. The van der Waals surface area contributed by atoms with E-state index in [4.69, 9.17) is 4.74 Å². The third-order valence-electron chi connectivity index (χ3n) is 9.89. The summed E-state index contributed by atoms with van der Waals surface area (Å²) < 4.78 is 47.0. The molecule has 2 aliphatic heterocycles. The number of aromatic nitrogens is 1.